The van der Waals surface area contributed by atoms with Crippen LogP contribution in [0.3, 0.4) is 0 Å². The van der Waals surface area contributed by atoms with E-state index in [2.05, 4.69) is 19.2 Å². The molecule has 8 heteroatoms. The quantitative estimate of drug-likeness (QED) is 0.468. The van der Waals surface area contributed by atoms with Crippen LogP contribution in [-0.4, -0.2) is 61.8 Å². The minimum atomic E-state index is -0.737. The van der Waals surface area contributed by atoms with Gasteiger partial charge in [-0.1, -0.05) is 26.0 Å². The number of nitrogens with zero attached hydrogens (tertiary/aromatic N) is 1. The molecule has 1 saturated carbocycles. The van der Waals surface area contributed by atoms with E-state index in [1.54, 1.807) is 7.05 Å². The largest absolute Gasteiger partial charge is 0.492 e. The highest BCUT2D eigenvalue weighted by atomic mass is 16.6. The molecule has 1 fully saturated rings. The summed E-state index contributed by atoms with van der Waals surface area (Å²) in [4.78, 5) is 38.8. The Morgan fingerprint density at radius 1 is 1.06 bits per heavy atom. The van der Waals surface area contributed by atoms with Crippen LogP contribution in [0.4, 0.5) is 4.79 Å². The molecule has 8 nitrogen and oxygen atoms in total. The Morgan fingerprint density at radius 2 is 1.67 bits per heavy atom. The number of carbonyl (C=O) groups excluding carboxylic acids is 3. The van der Waals surface area contributed by atoms with Crippen molar-refractivity contribution in [2.45, 2.75) is 78.4 Å². The van der Waals surface area contributed by atoms with Crippen molar-refractivity contribution in [2.75, 3.05) is 27.3 Å². The topological polar surface area (TPSA) is 94.2 Å². The molecule has 202 valence electrons. The Morgan fingerprint density at radius 3 is 2.19 bits per heavy atom. The third-order valence-corrected chi connectivity index (χ3v) is 6.65. The maximum Gasteiger partial charge on any atom is 0.410 e. The van der Waals surface area contributed by atoms with Crippen LogP contribution >= 0.6 is 0 Å². The van der Waals surface area contributed by atoms with Crippen LogP contribution in [0.5, 0.6) is 5.75 Å². The summed E-state index contributed by atoms with van der Waals surface area (Å²) in [6, 6.07) is 6.61. The molecule has 0 saturated heterocycles. The zero-order valence-corrected chi connectivity index (χ0v) is 23.0. The number of hydrogen-bond acceptors (Lipinski definition) is 6. The molecule has 0 radical (unpaired) electrons. The van der Waals surface area contributed by atoms with Crippen molar-refractivity contribution in [1.29, 1.82) is 0 Å². The summed E-state index contributed by atoms with van der Waals surface area (Å²) in [6.45, 7) is 10.6. The number of likely N-dealkylation sites (N-methyl/N-ethyl adjacent to an activating group) is 1. The molecular formula is C28H44N2O6. The zero-order chi connectivity index (χ0) is 26.9. The molecule has 2 rings (SSSR count). The van der Waals surface area contributed by atoms with Gasteiger partial charge in [-0.3, -0.25) is 4.79 Å². The predicted molar refractivity (Wildman–Crippen MR) is 139 cm³/mol. The lowest BCUT2D eigenvalue weighted by Gasteiger charge is -2.31. The van der Waals surface area contributed by atoms with Crippen molar-refractivity contribution in [3.63, 3.8) is 0 Å². The number of carbonyl (C=O) groups is 3. The summed E-state index contributed by atoms with van der Waals surface area (Å²) < 4.78 is 16.0. The molecule has 1 aliphatic rings. The van der Waals surface area contributed by atoms with Crippen molar-refractivity contribution >= 4 is 18.0 Å². The highest BCUT2D eigenvalue weighted by Crippen LogP contribution is 2.33. The Hall–Kier alpha value is -2.77. The number of methoxy groups -OCH3 is 1. The van der Waals surface area contributed by atoms with Gasteiger partial charge in [-0.2, -0.15) is 0 Å². The molecule has 0 heterocycles. The van der Waals surface area contributed by atoms with Gasteiger partial charge in [0.25, 0.3) is 0 Å². The van der Waals surface area contributed by atoms with E-state index in [4.69, 9.17) is 14.2 Å². The summed E-state index contributed by atoms with van der Waals surface area (Å²) >= 11 is 0. The van der Waals surface area contributed by atoms with Gasteiger partial charge in [0, 0.05) is 19.4 Å². The third kappa shape index (κ3) is 9.70. The van der Waals surface area contributed by atoms with E-state index < -0.39 is 23.7 Å². The lowest BCUT2D eigenvalue weighted by Crippen LogP contribution is -2.46. The number of amides is 2. The van der Waals surface area contributed by atoms with Crippen LogP contribution in [0, 0.1) is 17.8 Å². The number of benzene rings is 1. The first-order valence-corrected chi connectivity index (χ1v) is 12.9. The normalized spacial score (nSPS) is 18.8. The molecule has 1 N–H and O–H groups in total. The number of hydrogen-bond donors (Lipinski definition) is 1. The summed E-state index contributed by atoms with van der Waals surface area (Å²) in [7, 11) is 3.00. The summed E-state index contributed by atoms with van der Waals surface area (Å²) in [6.07, 6.45) is 3.75. The fraction of sp³-hybridized carbons (Fsp3) is 0.679. The average Bonchev–Trinajstić information content (AvgIpc) is 2.83. The van der Waals surface area contributed by atoms with E-state index in [1.807, 2.05) is 45.0 Å². The zero-order valence-electron chi connectivity index (χ0n) is 23.0. The average molecular weight is 505 g/mol. The lowest BCUT2D eigenvalue weighted by molar-refractivity contribution is -0.145. The van der Waals surface area contributed by atoms with E-state index in [-0.39, 0.29) is 11.8 Å². The van der Waals surface area contributed by atoms with Crippen LogP contribution in [0.1, 0.15) is 65.9 Å². The molecule has 1 unspecified atom stereocenters. The van der Waals surface area contributed by atoms with Crippen LogP contribution < -0.4 is 10.1 Å². The van der Waals surface area contributed by atoms with Crippen molar-refractivity contribution in [3.8, 4) is 5.75 Å². The first-order valence-electron chi connectivity index (χ1n) is 12.9. The van der Waals surface area contributed by atoms with Gasteiger partial charge in [-0.25, -0.2) is 9.59 Å². The number of ether oxygens (including phenoxy) is 3. The molecule has 36 heavy (non-hydrogen) atoms. The van der Waals surface area contributed by atoms with Crippen molar-refractivity contribution in [2.24, 2.45) is 17.8 Å². The minimum absolute atomic E-state index is 0.0539. The van der Waals surface area contributed by atoms with Gasteiger partial charge in [-0.15, -0.1) is 0 Å². The minimum Gasteiger partial charge on any atom is -0.492 e. The maximum atomic E-state index is 12.9. The molecule has 1 aromatic rings. The molecule has 0 aromatic heterocycles. The van der Waals surface area contributed by atoms with Gasteiger partial charge in [-0.05, 0) is 76.0 Å². The van der Waals surface area contributed by atoms with Gasteiger partial charge in [0.05, 0.1) is 13.7 Å². The van der Waals surface area contributed by atoms with Crippen molar-refractivity contribution in [3.05, 3.63) is 29.8 Å². The predicted octanol–water partition coefficient (Wildman–Crippen LogP) is 4.60. The van der Waals surface area contributed by atoms with Gasteiger partial charge in [0.1, 0.15) is 24.0 Å². The maximum absolute atomic E-state index is 12.9. The van der Waals surface area contributed by atoms with Gasteiger partial charge in [0.15, 0.2) is 0 Å². The van der Waals surface area contributed by atoms with E-state index in [9.17, 15) is 14.4 Å². The molecule has 1 aliphatic carbocycles. The first-order chi connectivity index (χ1) is 16.9. The third-order valence-electron chi connectivity index (χ3n) is 6.65. The first kappa shape index (κ1) is 29.5. The number of rotatable bonds is 10. The van der Waals surface area contributed by atoms with Crippen LogP contribution in [0.2, 0.25) is 0 Å². The molecular weight excluding hydrogens is 460 g/mol. The summed E-state index contributed by atoms with van der Waals surface area (Å²) in [5.41, 5.74) is 0.337. The highest BCUT2D eigenvalue weighted by molar-refractivity contribution is 5.86. The fourth-order valence-electron chi connectivity index (χ4n) is 4.36. The van der Waals surface area contributed by atoms with Gasteiger partial charge in [0.2, 0.25) is 5.91 Å². The van der Waals surface area contributed by atoms with E-state index in [1.165, 1.54) is 12.0 Å². The van der Waals surface area contributed by atoms with E-state index in [0.717, 1.165) is 31.2 Å². The Labute approximate surface area is 216 Å². The molecule has 0 spiro atoms. The fourth-order valence-corrected chi connectivity index (χ4v) is 4.36. The molecule has 1 atom stereocenters. The Kier molecular flexibility index (Phi) is 11.1. The van der Waals surface area contributed by atoms with Crippen LogP contribution in [0.25, 0.3) is 0 Å². The second-order valence-electron chi connectivity index (χ2n) is 11.0. The second-order valence-corrected chi connectivity index (χ2v) is 11.0. The Balaban J connectivity index is 1.86. The van der Waals surface area contributed by atoms with Crippen molar-refractivity contribution < 1.29 is 28.6 Å². The molecule has 0 bridgehead atoms. The second kappa shape index (κ2) is 13.5. The molecule has 2 amide bonds. The summed E-state index contributed by atoms with van der Waals surface area (Å²) in [5, 5.41) is 2.92. The number of nitrogens with one attached hydrogen (secondary N) is 1. The molecule has 0 aliphatic heterocycles. The van der Waals surface area contributed by atoms with Crippen molar-refractivity contribution in [1.82, 2.24) is 10.2 Å². The standard InChI is InChI=1S/C28H44N2O6/c1-19(2)21-10-12-22(13-11-21)25(31)29-24(26(32)34-7)18-20-8-14-23(15-9-20)35-17-16-30(6)27(33)36-28(3,4)5/h8-9,14-15,19,21-22,24H,10-13,16-18H2,1-7H3,(H,29,31). The Bertz CT molecular complexity index is 854. The van der Waals surface area contributed by atoms with E-state index >= 15 is 0 Å². The summed E-state index contributed by atoms with van der Waals surface area (Å²) in [5.74, 6) is 1.38. The monoisotopic (exact) mass is 504 g/mol. The van der Waals surface area contributed by atoms with Crippen LogP contribution in [0.15, 0.2) is 24.3 Å². The van der Waals surface area contributed by atoms with Gasteiger partial charge < -0.3 is 24.4 Å². The van der Waals surface area contributed by atoms with Gasteiger partial charge >= 0.3 is 12.1 Å². The van der Waals surface area contributed by atoms with Crippen LogP contribution in [-0.2, 0) is 25.5 Å². The van der Waals surface area contributed by atoms with E-state index in [0.29, 0.717) is 37.2 Å². The lowest BCUT2D eigenvalue weighted by atomic mass is 9.76. The molecule has 1 aromatic carbocycles. The smallest absolute Gasteiger partial charge is 0.410 e. The SMILES string of the molecule is COC(=O)C(Cc1ccc(OCCN(C)C(=O)OC(C)(C)C)cc1)NC(=O)C1CCC(C(C)C)CC1. The number of esters is 1. The highest BCUT2D eigenvalue weighted by Gasteiger charge is 2.30.